The number of rotatable bonds is 6. The first kappa shape index (κ1) is 10.3. The Balaban J connectivity index is 2.89. The van der Waals surface area contributed by atoms with Crippen LogP contribution in [-0.2, 0) is 0 Å². The molecule has 0 aliphatic carbocycles. The van der Waals surface area contributed by atoms with Crippen molar-refractivity contribution < 1.29 is 0 Å². The minimum absolute atomic E-state index is 0.650. The molecule has 0 aromatic heterocycles. The van der Waals surface area contributed by atoms with Crippen LogP contribution in [0.4, 0.5) is 0 Å². The molecule has 0 heterocycles. The number of nitrogens with two attached hydrogens (primary N) is 1. The van der Waals surface area contributed by atoms with Gasteiger partial charge in [-0.25, -0.2) is 0 Å². The molecule has 0 radical (unpaired) electrons. The lowest BCUT2D eigenvalue weighted by molar-refractivity contribution is 0.776. The molecule has 10 heavy (non-hydrogen) atoms. The first-order valence-corrected chi connectivity index (χ1v) is 5.17. The Morgan fingerprint density at radius 3 is 2.60 bits per heavy atom. The van der Waals surface area contributed by atoms with Crippen LogP contribution in [0.5, 0.6) is 0 Å². The van der Waals surface area contributed by atoms with Crippen molar-refractivity contribution in [2.45, 2.75) is 38.4 Å². The summed E-state index contributed by atoms with van der Waals surface area (Å²) in [6.07, 6.45) is 4.04. The van der Waals surface area contributed by atoms with Crippen LogP contribution < -0.4 is 5.73 Å². The first-order chi connectivity index (χ1) is 4.81. The second-order valence-electron chi connectivity index (χ2n) is 2.62. The molecule has 0 saturated carbocycles. The summed E-state index contributed by atoms with van der Waals surface area (Å²) in [4.78, 5) is 0. The summed E-state index contributed by atoms with van der Waals surface area (Å²) in [5.41, 5.74) is 5.47. The van der Waals surface area contributed by atoms with Crippen LogP contribution in [0, 0.1) is 0 Å². The molecule has 0 aliphatic heterocycles. The van der Waals surface area contributed by atoms with E-state index in [-0.39, 0.29) is 0 Å². The fourth-order valence-corrected chi connectivity index (χ4v) is 1.61. The van der Waals surface area contributed by atoms with Gasteiger partial charge in [-0.3, -0.25) is 0 Å². The fourth-order valence-electron chi connectivity index (χ4n) is 0.705. The Kier molecular flexibility index (Phi) is 7.65. The summed E-state index contributed by atoms with van der Waals surface area (Å²) in [6.45, 7) is 5.24. The second kappa shape index (κ2) is 7.42. The maximum Gasteiger partial charge on any atom is 0.0141 e. The molecule has 0 rings (SSSR count). The van der Waals surface area contributed by atoms with Crippen molar-refractivity contribution in [2.75, 3.05) is 12.3 Å². The summed E-state index contributed by atoms with van der Waals surface area (Å²) in [7, 11) is 0. The average molecular weight is 161 g/mol. The number of hydrogen-bond acceptors (Lipinski definition) is 2. The second-order valence-corrected chi connectivity index (χ2v) is 4.17. The van der Waals surface area contributed by atoms with Crippen molar-refractivity contribution in [2.24, 2.45) is 5.73 Å². The molecular formula is C8H19NS. The maximum absolute atomic E-state index is 5.47. The SMILES string of the molecule is CCCCCSC(C)CN. The summed E-state index contributed by atoms with van der Waals surface area (Å²) in [6, 6.07) is 0. The Morgan fingerprint density at radius 2 is 2.10 bits per heavy atom. The van der Waals surface area contributed by atoms with Crippen molar-refractivity contribution in [3.63, 3.8) is 0 Å². The lowest BCUT2D eigenvalue weighted by Crippen LogP contribution is -2.12. The van der Waals surface area contributed by atoms with Gasteiger partial charge in [-0.2, -0.15) is 11.8 Å². The molecule has 2 N–H and O–H groups in total. The van der Waals surface area contributed by atoms with E-state index in [4.69, 9.17) is 5.73 Å². The van der Waals surface area contributed by atoms with E-state index in [0.29, 0.717) is 5.25 Å². The van der Waals surface area contributed by atoms with Gasteiger partial charge in [0.1, 0.15) is 0 Å². The molecule has 0 amide bonds. The van der Waals surface area contributed by atoms with Gasteiger partial charge < -0.3 is 5.73 Å². The van der Waals surface area contributed by atoms with Crippen molar-refractivity contribution in [1.29, 1.82) is 0 Å². The molecular weight excluding hydrogens is 142 g/mol. The maximum atomic E-state index is 5.47. The Morgan fingerprint density at radius 1 is 1.40 bits per heavy atom. The molecule has 0 spiro atoms. The highest BCUT2D eigenvalue weighted by atomic mass is 32.2. The number of hydrogen-bond donors (Lipinski definition) is 1. The molecule has 0 fully saturated rings. The number of thioether (sulfide) groups is 1. The smallest absolute Gasteiger partial charge is 0.0141 e. The predicted molar refractivity (Wildman–Crippen MR) is 50.5 cm³/mol. The Hall–Kier alpha value is 0.310. The third kappa shape index (κ3) is 6.43. The summed E-state index contributed by atoms with van der Waals surface area (Å²) < 4.78 is 0. The van der Waals surface area contributed by atoms with Crippen LogP contribution in [0.3, 0.4) is 0 Å². The van der Waals surface area contributed by atoms with Crippen LogP contribution in [0.2, 0.25) is 0 Å². The molecule has 1 nitrogen and oxygen atoms in total. The minimum Gasteiger partial charge on any atom is -0.329 e. The highest BCUT2D eigenvalue weighted by molar-refractivity contribution is 7.99. The normalized spacial score (nSPS) is 13.5. The van der Waals surface area contributed by atoms with Crippen molar-refractivity contribution in [3.05, 3.63) is 0 Å². The quantitative estimate of drug-likeness (QED) is 0.605. The van der Waals surface area contributed by atoms with Gasteiger partial charge >= 0.3 is 0 Å². The zero-order valence-electron chi connectivity index (χ0n) is 7.10. The lowest BCUT2D eigenvalue weighted by atomic mass is 10.3. The summed E-state index contributed by atoms with van der Waals surface area (Å²) in [5, 5.41) is 0.650. The van der Waals surface area contributed by atoms with E-state index in [9.17, 15) is 0 Å². The van der Waals surface area contributed by atoms with Crippen molar-refractivity contribution in [3.8, 4) is 0 Å². The van der Waals surface area contributed by atoms with Gasteiger partial charge in [-0.05, 0) is 12.2 Å². The van der Waals surface area contributed by atoms with Crippen molar-refractivity contribution in [1.82, 2.24) is 0 Å². The third-order valence-corrected chi connectivity index (χ3v) is 2.77. The van der Waals surface area contributed by atoms with Crippen LogP contribution in [0.25, 0.3) is 0 Å². The van der Waals surface area contributed by atoms with Gasteiger partial charge in [-0.1, -0.05) is 26.7 Å². The molecule has 2 heteroatoms. The molecule has 0 aromatic rings. The van der Waals surface area contributed by atoms with Gasteiger partial charge in [0.15, 0.2) is 0 Å². The summed E-state index contributed by atoms with van der Waals surface area (Å²) >= 11 is 1.99. The third-order valence-electron chi connectivity index (χ3n) is 1.48. The molecule has 1 atom stereocenters. The van der Waals surface area contributed by atoms with Crippen LogP contribution in [0.15, 0.2) is 0 Å². The van der Waals surface area contributed by atoms with Crippen molar-refractivity contribution >= 4 is 11.8 Å². The lowest BCUT2D eigenvalue weighted by Gasteiger charge is -2.06. The first-order valence-electron chi connectivity index (χ1n) is 4.13. The van der Waals surface area contributed by atoms with E-state index in [1.54, 1.807) is 0 Å². The largest absolute Gasteiger partial charge is 0.329 e. The Labute approximate surface area is 68.8 Å². The van der Waals surface area contributed by atoms with Gasteiger partial charge in [0, 0.05) is 11.8 Å². The predicted octanol–water partition coefficient (Wildman–Crippen LogP) is 2.26. The highest BCUT2D eigenvalue weighted by Crippen LogP contribution is 2.11. The molecule has 1 unspecified atom stereocenters. The molecule has 0 aliphatic rings. The van der Waals surface area contributed by atoms with E-state index >= 15 is 0 Å². The minimum atomic E-state index is 0.650. The van der Waals surface area contributed by atoms with E-state index in [0.717, 1.165) is 6.54 Å². The standard InChI is InChI=1S/C8H19NS/c1-3-4-5-6-10-8(2)7-9/h8H,3-7,9H2,1-2H3. The van der Waals surface area contributed by atoms with Crippen LogP contribution in [0.1, 0.15) is 33.1 Å². The molecule has 0 saturated heterocycles. The Bertz CT molecular complexity index is 66.3. The van der Waals surface area contributed by atoms with E-state index in [1.807, 2.05) is 11.8 Å². The fraction of sp³-hybridized carbons (Fsp3) is 1.00. The van der Waals surface area contributed by atoms with Gasteiger partial charge in [0.2, 0.25) is 0 Å². The molecule has 62 valence electrons. The topological polar surface area (TPSA) is 26.0 Å². The molecule has 0 aromatic carbocycles. The van der Waals surface area contributed by atoms with E-state index in [2.05, 4.69) is 13.8 Å². The zero-order valence-corrected chi connectivity index (χ0v) is 7.91. The van der Waals surface area contributed by atoms with Crippen LogP contribution in [-0.4, -0.2) is 17.5 Å². The van der Waals surface area contributed by atoms with Crippen LogP contribution >= 0.6 is 11.8 Å². The van der Waals surface area contributed by atoms with Gasteiger partial charge in [0.25, 0.3) is 0 Å². The molecule has 0 bridgehead atoms. The average Bonchev–Trinajstić information content (AvgIpc) is 1.98. The van der Waals surface area contributed by atoms with E-state index in [1.165, 1.54) is 25.0 Å². The van der Waals surface area contributed by atoms with E-state index < -0.39 is 0 Å². The number of unbranched alkanes of at least 4 members (excludes halogenated alkanes) is 2. The van der Waals surface area contributed by atoms with Gasteiger partial charge in [-0.15, -0.1) is 0 Å². The highest BCUT2D eigenvalue weighted by Gasteiger charge is 1.96. The monoisotopic (exact) mass is 161 g/mol. The summed E-state index contributed by atoms with van der Waals surface area (Å²) in [5.74, 6) is 1.28. The van der Waals surface area contributed by atoms with Gasteiger partial charge in [0.05, 0.1) is 0 Å². The zero-order chi connectivity index (χ0) is 7.82.